The molecule has 2 heterocycles. The number of aromatic nitrogens is 2. The van der Waals surface area contributed by atoms with Crippen molar-refractivity contribution in [2.45, 2.75) is 25.3 Å². The Kier molecular flexibility index (Phi) is 5.98. The van der Waals surface area contributed by atoms with E-state index in [-0.39, 0.29) is 4.90 Å². The van der Waals surface area contributed by atoms with Crippen LogP contribution in [0.1, 0.15) is 21.7 Å². The Morgan fingerprint density at radius 1 is 1.06 bits per heavy atom. The summed E-state index contributed by atoms with van der Waals surface area (Å²) in [7, 11) is -3.82. The van der Waals surface area contributed by atoms with Crippen LogP contribution in [0.3, 0.4) is 0 Å². The van der Waals surface area contributed by atoms with Gasteiger partial charge in [-0.2, -0.15) is 0 Å². The number of hydrogen-bond donors (Lipinski definition) is 1. The summed E-state index contributed by atoms with van der Waals surface area (Å²) < 4.78 is 36.1. The molecule has 11 heteroatoms. The van der Waals surface area contributed by atoms with Crippen molar-refractivity contribution < 1.29 is 27.2 Å². The summed E-state index contributed by atoms with van der Waals surface area (Å²) in [4.78, 5) is 37.0. The minimum Gasteiger partial charge on any atom is -0.456 e. The Hall–Kier alpha value is -3.96. The minimum atomic E-state index is -3.82. The molecule has 0 aliphatic rings. The van der Waals surface area contributed by atoms with Crippen molar-refractivity contribution >= 4 is 32.9 Å². The number of fused-ring (bicyclic) bond motifs is 1. The van der Waals surface area contributed by atoms with Crippen LogP contribution < -0.4 is 10.9 Å². The van der Waals surface area contributed by atoms with Crippen molar-refractivity contribution in [1.29, 1.82) is 0 Å². The van der Waals surface area contributed by atoms with Gasteiger partial charge in [-0.3, -0.25) is 14.2 Å². The van der Waals surface area contributed by atoms with E-state index < -0.39 is 40.7 Å². The molecule has 0 fully saturated rings. The maximum absolute atomic E-state index is 12.8. The van der Waals surface area contributed by atoms with Gasteiger partial charge in [0.15, 0.2) is 12.2 Å². The molecule has 0 bridgehead atoms. The van der Waals surface area contributed by atoms with Gasteiger partial charge in [-0.05, 0) is 56.3 Å². The molecule has 2 aromatic heterocycles. The summed E-state index contributed by atoms with van der Waals surface area (Å²) in [6, 6.07) is 14.3. The van der Waals surface area contributed by atoms with Crippen molar-refractivity contribution in [3.8, 4) is 5.69 Å². The number of aryl methyl sites for hydroxylation is 1. The van der Waals surface area contributed by atoms with Gasteiger partial charge in [-0.15, -0.1) is 0 Å². The number of esters is 1. The highest BCUT2D eigenvalue weighted by atomic mass is 32.2. The van der Waals surface area contributed by atoms with Crippen molar-refractivity contribution in [1.82, 2.24) is 9.13 Å². The summed E-state index contributed by atoms with van der Waals surface area (Å²) in [6.45, 7) is 2.63. The predicted octanol–water partition coefficient (Wildman–Crippen LogP) is 2.08. The molecule has 0 saturated heterocycles. The van der Waals surface area contributed by atoms with E-state index in [9.17, 15) is 22.8 Å². The average Bonchev–Trinajstić information content (AvgIpc) is 3.26. The molecule has 176 valence electrons. The number of sulfonamides is 1. The molecule has 0 spiro atoms. The van der Waals surface area contributed by atoms with Gasteiger partial charge in [0.1, 0.15) is 6.54 Å². The molecule has 0 unspecified atom stereocenters. The number of carbonyl (C=O) groups is 2. The molecule has 34 heavy (non-hydrogen) atoms. The highest BCUT2D eigenvalue weighted by Gasteiger charge is 2.20. The zero-order valence-electron chi connectivity index (χ0n) is 18.3. The number of hydrogen-bond acceptors (Lipinski definition) is 7. The molecule has 0 amide bonds. The van der Waals surface area contributed by atoms with Crippen LogP contribution in [0.15, 0.2) is 68.7 Å². The van der Waals surface area contributed by atoms with E-state index in [2.05, 4.69) is 0 Å². The Bertz CT molecular complexity index is 1580. The summed E-state index contributed by atoms with van der Waals surface area (Å²) >= 11 is 0. The van der Waals surface area contributed by atoms with Crippen molar-refractivity contribution in [2.75, 3.05) is 6.61 Å². The van der Waals surface area contributed by atoms with E-state index in [1.807, 2.05) is 0 Å². The van der Waals surface area contributed by atoms with Gasteiger partial charge in [-0.1, -0.05) is 12.1 Å². The zero-order chi connectivity index (χ0) is 24.6. The van der Waals surface area contributed by atoms with E-state index in [1.165, 1.54) is 12.1 Å². The molecule has 4 rings (SSSR count). The van der Waals surface area contributed by atoms with E-state index in [0.29, 0.717) is 28.0 Å². The van der Waals surface area contributed by atoms with Crippen LogP contribution in [0, 0.1) is 13.8 Å². The van der Waals surface area contributed by atoms with Crippen LogP contribution in [0.2, 0.25) is 0 Å². The number of nitrogens with two attached hydrogens (primary N) is 1. The number of oxazole rings is 1. The maximum atomic E-state index is 12.8. The highest BCUT2D eigenvalue weighted by Crippen LogP contribution is 2.22. The minimum absolute atomic E-state index is 0.0218. The second-order valence-electron chi connectivity index (χ2n) is 7.66. The molecule has 0 saturated carbocycles. The van der Waals surface area contributed by atoms with E-state index in [0.717, 1.165) is 10.3 Å². The Labute approximate surface area is 194 Å². The number of Topliss-reactive ketones (excluding diaryl/α,β-unsaturated/α-hetero) is 1. The first-order valence-electron chi connectivity index (χ1n) is 10.2. The number of ketones is 1. The topological polar surface area (TPSA) is 144 Å². The van der Waals surface area contributed by atoms with Gasteiger partial charge in [0.05, 0.1) is 10.4 Å². The number of para-hydroxylation sites is 2. The largest absolute Gasteiger partial charge is 0.456 e. The molecule has 0 radical (unpaired) electrons. The summed E-state index contributed by atoms with van der Waals surface area (Å²) in [5.41, 5.74) is 3.12. The standard InChI is InChI=1S/C23H21N3O7S/c1-14-11-18(15(2)26(14)16-7-9-17(10-8-16)34(24,30)31)20(27)13-32-22(28)12-25-19-5-3-4-6-21(19)33-23(25)29/h3-11H,12-13H2,1-2H3,(H2,24,30,31). The summed E-state index contributed by atoms with van der Waals surface area (Å²) in [6.07, 6.45) is 0. The molecule has 4 aromatic rings. The van der Waals surface area contributed by atoms with Crippen LogP contribution in [-0.4, -0.2) is 35.9 Å². The number of ether oxygens (including phenoxy) is 1. The molecular formula is C23H21N3O7S. The first-order valence-corrected chi connectivity index (χ1v) is 11.7. The lowest BCUT2D eigenvalue weighted by atomic mass is 10.1. The Balaban J connectivity index is 1.48. The fourth-order valence-electron chi connectivity index (χ4n) is 3.79. The average molecular weight is 484 g/mol. The molecule has 2 N–H and O–H groups in total. The van der Waals surface area contributed by atoms with Crippen LogP contribution >= 0.6 is 0 Å². The monoisotopic (exact) mass is 483 g/mol. The van der Waals surface area contributed by atoms with Crippen LogP contribution in [0.4, 0.5) is 0 Å². The van der Waals surface area contributed by atoms with Gasteiger partial charge in [0, 0.05) is 22.6 Å². The number of nitrogens with zero attached hydrogens (tertiary/aromatic N) is 2. The zero-order valence-corrected chi connectivity index (χ0v) is 19.2. The van der Waals surface area contributed by atoms with Crippen LogP contribution in [0.25, 0.3) is 16.8 Å². The van der Waals surface area contributed by atoms with E-state index in [4.69, 9.17) is 14.3 Å². The predicted molar refractivity (Wildman–Crippen MR) is 122 cm³/mol. The van der Waals surface area contributed by atoms with Gasteiger partial charge in [0.25, 0.3) is 0 Å². The molecule has 0 aliphatic carbocycles. The maximum Gasteiger partial charge on any atom is 0.420 e. The lowest BCUT2D eigenvalue weighted by Gasteiger charge is -2.11. The second-order valence-corrected chi connectivity index (χ2v) is 9.23. The Morgan fingerprint density at radius 3 is 2.41 bits per heavy atom. The fourth-order valence-corrected chi connectivity index (χ4v) is 4.30. The first kappa shape index (κ1) is 23.2. The van der Waals surface area contributed by atoms with Gasteiger partial charge >= 0.3 is 11.7 Å². The quantitative estimate of drug-likeness (QED) is 0.313. The van der Waals surface area contributed by atoms with Gasteiger partial charge in [-0.25, -0.2) is 18.4 Å². The van der Waals surface area contributed by atoms with Crippen molar-refractivity contribution in [3.63, 3.8) is 0 Å². The number of carbonyl (C=O) groups excluding carboxylic acids is 2. The summed E-state index contributed by atoms with van der Waals surface area (Å²) in [5, 5.41) is 5.14. The van der Waals surface area contributed by atoms with Gasteiger partial charge < -0.3 is 13.7 Å². The number of benzene rings is 2. The highest BCUT2D eigenvalue weighted by molar-refractivity contribution is 7.89. The van der Waals surface area contributed by atoms with Gasteiger partial charge in [0.2, 0.25) is 15.8 Å². The lowest BCUT2D eigenvalue weighted by molar-refractivity contribution is -0.143. The lowest BCUT2D eigenvalue weighted by Crippen LogP contribution is -2.23. The van der Waals surface area contributed by atoms with Crippen molar-refractivity contribution in [3.05, 3.63) is 82.1 Å². The second kappa shape index (κ2) is 8.76. The third-order valence-corrected chi connectivity index (χ3v) is 6.31. The molecule has 0 atom stereocenters. The van der Waals surface area contributed by atoms with E-state index in [1.54, 1.807) is 60.9 Å². The fraction of sp³-hybridized carbons (Fsp3) is 0.174. The SMILES string of the molecule is Cc1cc(C(=O)COC(=O)Cn2c(=O)oc3ccccc32)c(C)n1-c1ccc(S(N)(=O)=O)cc1. The third-order valence-electron chi connectivity index (χ3n) is 5.38. The Morgan fingerprint density at radius 2 is 1.74 bits per heavy atom. The summed E-state index contributed by atoms with van der Waals surface area (Å²) in [5.74, 6) is -1.87. The van der Waals surface area contributed by atoms with Crippen LogP contribution in [-0.2, 0) is 26.1 Å². The molecular weight excluding hydrogens is 462 g/mol. The number of rotatable bonds is 7. The van der Waals surface area contributed by atoms with Crippen LogP contribution in [0.5, 0.6) is 0 Å². The smallest absolute Gasteiger partial charge is 0.420 e. The first-order chi connectivity index (χ1) is 16.1. The molecule has 0 aliphatic heterocycles. The van der Waals surface area contributed by atoms with E-state index >= 15 is 0 Å². The molecule has 10 nitrogen and oxygen atoms in total. The number of primary sulfonamides is 1. The normalized spacial score (nSPS) is 11.6. The molecule has 2 aromatic carbocycles. The third kappa shape index (κ3) is 4.43. The van der Waals surface area contributed by atoms with Crippen molar-refractivity contribution in [2.24, 2.45) is 5.14 Å².